The van der Waals surface area contributed by atoms with E-state index < -0.39 is 0 Å². The molecule has 0 saturated heterocycles. The lowest BCUT2D eigenvalue weighted by molar-refractivity contribution is 1.67. The molecule has 0 unspecified atom stereocenters. The molecule has 0 bridgehead atoms. The van der Waals surface area contributed by atoms with Crippen molar-refractivity contribution in [2.45, 2.75) is 0 Å². The van der Waals surface area contributed by atoms with Crippen molar-refractivity contribution in [1.82, 2.24) is 0 Å². The molecule has 0 radical (unpaired) electrons. The number of fused-ring (bicyclic) bond motifs is 5. The highest BCUT2D eigenvalue weighted by atomic mass is 79.9. The maximum absolute atomic E-state index is 3.80. The molecule has 0 aliphatic rings. The first-order valence-electron chi connectivity index (χ1n) is 13.3. The predicted octanol–water partition coefficient (Wildman–Crippen LogP) is 11.5. The van der Waals surface area contributed by atoms with Crippen LogP contribution >= 0.6 is 15.9 Å². The number of rotatable bonds is 2. The van der Waals surface area contributed by atoms with Gasteiger partial charge in [0.2, 0.25) is 0 Å². The van der Waals surface area contributed by atoms with Crippen LogP contribution in [0, 0.1) is 0 Å². The lowest BCUT2D eigenvalue weighted by atomic mass is 9.84. The molecule has 0 amide bonds. The standard InChI is InChI=1S/C38H23Br/c39-32-17-18-33-36(23-32)38(31-16-14-25-8-2-4-10-27(25)20-31)35-22-29-12-6-5-11-28(29)21-34(35)37(33)30-15-13-24-7-1-3-9-26(24)19-30/h1-23H. The second-order valence-corrected chi connectivity index (χ2v) is 11.2. The number of hydrogen-bond donors (Lipinski definition) is 0. The molecule has 0 aromatic heterocycles. The molecular formula is C38H23Br. The van der Waals surface area contributed by atoms with E-state index in [0.717, 1.165) is 4.47 Å². The Morgan fingerprint density at radius 3 is 1.23 bits per heavy atom. The fourth-order valence-electron chi connectivity index (χ4n) is 6.20. The Kier molecular flexibility index (Phi) is 5.08. The van der Waals surface area contributed by atoms with Gasteiger partial charge in [0.05, 0.1) is 0 Å². The third kappa shape index (κ3) is 3.66. The van der Waals surface area contributed by atoms with Crippen LogP contribution in [-0.4, -0.2) is 0 Å². The van der Waals surface area contributed by atoms with Gasteiger partial charge in [-0.2, -0.15) is 0 Å². The zero-order valence-electron chi connectivity index (χ0n) is 21.2. The van der Waals surface area contributed by atoms with Gasteiger partial charge in [0.1, 0.15) is 0 Å². The van der Waals surface area contributed by atoms with Crippen molar-refractivity contribution >= 4 is 69.8 Å². The van der Waals surface area contributed by atoms with Gasteiger partial charge in [-0.15, -0.1) is 0 Å². The summed E-state index contributed by atoms with van der Waals surface area (Å²) in [6, 6.07) is 51.2. The van der Waals surface area contributed by atoms with Gasteiger partial charge in [0.15, 0.2) is 0 Å². The third-order valence-corrected chi connectivity index (χ3v) is 8.51. The molecule has 8 aromatic rings. The van der Waals surface area contributed by atoms with Gasteiger partial charge in [-0.3, -0.25) is 0 Å². The molecule has 8 aromatic carbocycles. The van der Waals surface area contributed by atoms with Crippen molar-refractivity contribution in [2.24, 2.45) is 0 Å². The van der Waals surface area contributed by atoms with Gasteiger partial charge < -0.3 is 0 Å². The van der Waals surface area contributed by atoms with Crippen LogP contribution in [0.1, 0.15) is 0 Å². The summed E-state index contributed by atoms with van der Waals surface area (Å²) in [5, 5.41) is 12.6. The van der Waals surface area contributed by atoms with Crippen LogP contribution in [0.15, 0.2) is 144 Å². The monoisotopic (exact) mass is 558 g/mol. The normalized spacial score (nSPS) is 11.7. The van der Waals surface area contributed by atoms with Gasteiger partial charge in [0, 0.05) is 4.47 Å². The largest absolute Gasteiger partial charge is 0.0616 e. The summed E-state index contributed by atoms with van der Waals surface area (Å²) in [6.45, 7) is 0. The summed E-state index contributed by atoms with van der Waals surface area (Å²) in [6.07, 6.45) is 0. The van der Waals surface area contributed by atoms with Crippen LogP contribution in [0.2, 0.25) is 0 Å². The SMILES string of the molecule is Brc1ccc2c(-c3ccc4ccccc4c3)c3cc4ccccc4cc3c(-c3ccc4ccccc4c3)c2c1. The van der Waals surface area contributed by atoms with Crippen LogP contribution in [0.25, 0.3) is 76.1 Å². The maximum Gasteiger partial charge on any atom is 0.0181 e. The Bertz CT molecular complexity index is 2240. The number of hydrogen-bond acceptors (Lipinski definition) is 0. The predicted molar refractivity (Wildman–Crippen MR) is 173 cm³/mol. The molecular weight excluding hydrogens is 536 g/mol. The molecule has 39 heavy (non-hydrogen) atoms. The Hall–Kier alpha value is -4.46. The highest BCUT2D eigenvalue weighted by Gasteiger charge is 2.18. The minimum Gasteiger partial charge on any atom is -0.0616 e. The van der Waals surface area contributed by atoms with Crippen molar-refractivity contribution < 1.29 is 0 Å². The highest BCUT2D eigenvalue weighted by Crippen LogP contribution is 2.46. The molecule has 0 spiro atoms. The van der Waals surface area contributed by atoms with E-state index in [0.29, 0.717) is 0 Å². The van der Waals surface area contributed by atoms with E-state index in [4.69, 9.17) is 0 Å². The first kappa shape index (κ1) is 22.5. The summed E-state index contributed by atoms with van der Waals surface area (Å²) < 4.78 is 1.08. The van der Waals surface area contributed by atoms with Gasteiger partial charge >= 0.3 is 0 Å². The van der Waals surface area contributed by atoms with E-state index >= 15 is 0 Å². The lowest BCUT2D eigenvalue weighted by Crippen LogP contribution is -1.92. The Morgan fingerprint density at radius 1 is 0.308 bits per heavy atom. The Labute approximate surface area is 235 Å². The Balaban J connectivity index is 1.57. The minimum atomic E-state index is 1.08. The molecule has 1 heteroatoms. The zero-order valence-corrected chi connectivity index (χ0v) is 22.7. The number of benzene rings is 8. The van der Waals surface area contributed by atoms with Crippen molar-refractivity contribution in [3.63, 3.8) is 0 Å². The summed E-state index contributed by atoms with van der Waals surface area (Å²) in [5.74, 6) is 0. The van der Waals surface area contributed by atoms with Crippen molar-refractivity contribution in [3.8, 4) is 22.3 Å². The van der Waals surface area contributed by atoms with Crippen LogP contribution in [0.3, 0.4) is 0 Å². The van der Waals surface area contributed by atoms with Crippen molar-refractivity contribution in [3.05, 3.63) is 144 Å². The van der Waals surface area contributed by atoms with Crippen molar-refractivity contribution in [2.75, 3.05) is 0 Å². The fourth-order valence-corrected chi connectivity index (χ4v) is 6.56. The molecule has 0 N–H and O–H groups in total. The molecule has 182 valence electrons. The second kappa shape index (κ2) is 8.80. The topological polar surface area (TPSA) is 0 Å². The summed E-state index contributed by atoms with van der Waals surface area (Å²) in [5.41, 5.74) is 5.05. The quantitative estimate of drug-likeness (QED) is 0.185. The fraction of sp³-hybridized carbons (Fsp3) is 0. The van der Waals surface area contributed by atoms with E-state index in [2.05, 4.69) is 155 Å². The van der Waals surface area contributed by atoms with E-state index in [9.17, 15) is 0 Å². The molecule has 0 heterocycles. The molecule has 8 rings (SSSR count). The van der Waals surface area contributed by atoms with Crippen LogP contribution in [0.4, 0.5) is 0 Å². The Morgan fingerprint density at radius 2 is 0.718 bits per heavy atom. The lowest BCUT2D eigenvalue weighted by Gasteiger charge is -2.19. The minimum absolute atomic E-state index is 1.08. The maximum atomic E-state index is 3.80. The summed E-state index contributed by atoms with van der Waals surface area (Å²) >= 11 is 3.80. The molecule has 0 aliphatic heterocycles. The molecule has 0 nitrogen and oxygen atoms in total. The first-order valence-corrected chi connectivity index (χ1v) is 14.1. The van der Waals surface area contributed by atoms with Crippen LogP contribution < -0.4 is 0 Å². The van der Waals surface area contributed by atoms with E-state index in [-0.39, 0.29) is 0 Å². The highest BCUT2D eigenvalue weighted by molar-refractivity contribution is 9.10. The van der Waals surface area contributed by atoms with Crippen molar-refractivity contribution in [1.29, 1.82) is 0 Å². The van der Waals surface area contributed by atoms with Gasteiger partial charge in [-0.25, -0.2) is 0 Å². The zero-order chi connectivity index (χ0) is 25.9. The van der Waals surface area contributed by atoms with Gasteiger partial charge in [0.25, 0.3) is 0 Å². The van der Waals surface area contributed by atoms with Crippen LogP contribution in [0.5, 0.6) is 0 Å². The average molecular weight is 560 g/mol. The number of halogens is 1. The van der Waals surface area contributed by atoms with Crippen LogP contribution in [-0.2, 0) is 0 Å². The molecule has 0 atom stereocenters. The molecule has 0 aliphatic carbocycles. The summed E-state index contributed by atoms with van der Waals surface area (Å²) in [7, 11) is 0. The average Bonchev–Trinajstić information content (AvgIpc) is 2.98. The third-order valence-electron chi connectivity index (χ3n) is 8.02. The van der Waals surface area contributed by atoms with E-state index in [1.165, 1.54) is 76.1 Å². The van der Waals surface area contributed by atoms with Gasteiger partial charge in [-0.05, 0) is 113 Å². The van der Waals surface area contributed by atoms with E-state index in [1.54, 1.807) is 0 Å². The second-order valence-electron chi connectivity index (χ2n) is 10.3. The van der Waals surface area contributed by atoms with Gasteiger partial charge in [-0.1, -0.05) is 119 Å². The first-order chi connectivity index (χ1) is 19.2. The summed E-state index contributed by atoms with van der Waals surface area (Å²) in [4.78, 5) is 0. The molecule has 0 saturated carbocycles. The van der Waals surface area contributed by atoms with E-state index in [1.807, 2.05) is 0 Å². The molecule has 0 fully saturated rings. The smallest absolute Gasteiger partial charge is 0.0181 e.